The summed E-state index contributed by atoms with van der Waals surface area (Å²) in [6.07, 6.45) is -1.05. The molecule has 0 aliphatic carbocycles. The lowest BCUT2D eigenvalue weighted by atomic mass is 10.0. The molecule has 3 amide bonds. The van der Waals surface area contributed by atoms with Crippen LogP contribution in [0.4, 0.5) is 9.59 Å². The van der Waals surface area contributed by atoms with Gasteiger partial charge in [0.05, 0.1) is 13.2 Å². The molecular weight excluding hydrogens is 424 g/mol. The molecule has 8 heteroatoms. The van der Waals surface area contributed by atoms with Gasteiger partial charge in [0.15, 0.2) is 0 Å². The smallest absolute Gasteiger partial charge is 0.417 e. The summed E-state index contributed by atoms with van der Waals surface area (Å²) in [5.41, 5.74) is 1.50. The lowest BCUT2D eigenvalue weighted by Crippen LogP contribution is -2.48. The van der Waals surface area contributed by atoms with Gasteiger partial charge in [-0.1, -0.05) is 36.4 Å². The van der Waals surface area contributed by atoms with Gasteiger partial charge in [0.25, 0.3) is 5.91 Å². The maximum Gasteiger partial charge on any atom is 0.417 e. The summed E-state index contributed by atoms with van der Waals surface area (Å²) in [7, 11) is 1.55. The van der Waals surface area contributed by atoms with E-state index in [-0.39, 0.29) is 6.61 Å². The minimum atomic E-state index is -1.15. The second-order valence-electron chi connectivity index (χ2n) is 8.94. The molecule has 0 radical (unpaired) electrons. The lowest BCUT2D eigenvalue weighted by molar-refractivity contribution is -0.131. The molecule has 3 rings (SSSR count). The zero-order valence-electron chi connectivity index (χ0n) is 19.6. The van der Waals surface area contributed by atoms with Crippen molar-refractivity contribution in [1.82, 2.24) is 10.2 Å². The van der Waals surface area contributed by atoms with Crippen molar-refractivity contribution in [2.24, 2.45) is 0 Å². The maximum atomic E-state index is 13.6. The summed E-state index contributed by atoms with van der Waals surface area (Å²) in [5.74, 6) is 0.0543. The van der Waals surface area contributed by atoms with Crippen LogP contribution in [0.25, 0.3) is 0 Å². The molecule has 0 bridgehead atoms. The van der Waals surface area contributed by atoms with Crippen LogP contribution in [-0.2, 0) is 20.7 Å². The Balaban J connectivity index is 1.92. The Morgan fingerprint density at radius 1 is 1.18 bits per heavy atom. The highest BCUT2D eigenvalue weighted by atomic mass is 16.6. The van der Waals surface area contributed by atoms with E-state index in [2.05, 4.69) is 5.32 Å². The summed E-state index contributed by atoms with van der Waals surface area (Å²) in [6.45, 7) is 7.11. The van der Waals surface area contributed by atoms with Crippen LogP contribution < -0.4 is 10.1 Å². The number of methoxy groups -OCH3 is 1. The molecule has 1 N–H and O–H groups in total. The highest BCUT2D eigenvalue weighted by molar-refractivity contribution is 5.98. The standard InChI is InChI=1S/C25H30N2O6/c1-16-13-18(11-12-20(16)31-5)21(26-23(29)33-25(2,3)4)22(28)27-19(15-32-24(27)30)14-17-9-7-6-8-10-17/h6-13,19,21H,14-15H2,1-5H3,(H,26,29)/t19?,21-/m1/s1. The first-order chi connectivity index (χ1) is 15.6. The number of carbonyl (C=O) groups is 3. The van der Waals surface area contributed by atoms with Crippen molar-refractivity contribution >= 4 is 18.1 Å². The number of rotatable bonds is 6. The van der Waals surface area contributed by atoms with Gasteiger partial charge in [-0.15, -0.1) is 0 Å². The average molecular weight is 455 g/mol. The quantitative estimate of drug-likeness (QED) is 0.704. The number of imide groups is 1. The molecule has 176 valence electrons. The van der Waals surface area contributed by atoms with Crippen molar-refractivity contribution in [2.75, 3.05) is 13.7 Å². The summed E-state index contributed by atoms with van der Waals surface area (Å²) < 4.78 is 15.9. The van der Waals surface area contributed by atoms with Crippen molar-refractivity contribution in [3.8, 4) is 5.75 Å². The summed E-state index contributed by atoms with van der Waals surface area (Å²) in [5, 5.41) is 2.64. The molecule has 1 aliphatic heterocycles. The normalized spacial score (nSPS) is 16.7. The monoisotopic (exact) mass is 454 g/mol. The van der Waals surface area contributed by atoms with E-state index >= 15 is 0 Å². The molecule has 0 saturated carbocycles. The van der Waals surface area contributed by atoms with Crippen LogP contribution in [0.2, 0.25) is 0 Å². The fourth-order valence-electron chi connectivity index (χ4n) is 3.70. The van der Waals surface area contributed by atoms with Crippen LogP contribution in [0.15, 0.2) is 48.5 Å². The Labute approximate surface area is 193 Å². The first-order valence-corrected chi connectivity index (χ1v) is 10.8. The van der Waals surface area contributed by atoms with E-state index in [1.807, 2.05) is 37.3 Å². The number of carbonyl (C=O) groups excluding carboxylic acids is 3. The molecule has 1 unspecified atom stereocenters. The predicted molar refractivity (Wildman–Crippen MR) is 122 cm³/mol. The molecule has 0 spiro atoms. The Morgan fingerprint density at radius 3 is 2.48 bits per heavy atom. The van der Waals surface area contributed by atoms with E-state index in [4.69, 9.17) is 14.2 Å². The maximum absolute atomic E-state index is 13.6. The molecule has 1 heterocycles. The molecule has 2 aromatic carbocycles. The molecule has 1 saturated heterocycles. The zero-order chi connectivity index (χ0) is 24.2. The fourth-order valence-corrected chi connectivity index (χ4v) is 3.70. The molecular formula is C25H30N2O6. The second kappa shape index (κ2) is 9.94. The van der Waals surface area contributed by atoms with E-state index in [0.717, 1.165) is 16.0 Å². The molecule has 0 aromatic heterocycles. The van der Waals surface area contributed by atoms with Gasteiger partial charge in [-0.3, -0.25) is 4.79 Å². The minimum absolute atomic E-state index is 0.0836. The highest BCUT2D eigenvalue weighted by Gasteiger charge is 2.42. The topological polar surface area (TPSA) is 94.2 Å². The van der Waals surface area contributed by atoms with Gasteiger partial charge >= 0.3 is 12.2 Å². The SMILES string of the molecule is COc1ccc([C@@H](NC(=O)OC(C)(C)C)C(=O)N2C(=O)OCC2Cc2ccccc2)cc1C. The Hall–Kier alpha value is -3.55. The van der Waals surface area contributed by atoms with Crippen LogP contribution in [0.5, 0.6) is 5.75 Å². The van der Waals surface area contributed by atoms with Gasteiger partial charge in [-0.2, -0.15) is 0 Å². The van der Waals surface area contributed by atoms with Crippen LogP contribution >= 0.6 is 0 Å². The summed E-state index contributed by atoms with van der Waals surface area (Å²) in [4.78, 5) is 39.9. The van der Waals surface area contributed by atoms with Crippen molar-refractivity contribution in [2.45, 2.75) is 51.8 Å². The molecule has 2 atom stereocenters. The van der Waals surface area contributed by atoms with Crippen molar-refractivity contribution in [3.05, 3.63) is 65.2 Å². The van der Waals surface area contributed by atoms with Gasteiger partial charge in [-0.05, 0) is 62.9 Å². The molecule has 33 heavy (non-hydrogen) atoms. The predicted octanol–water partition coefficient (Wildman–Crippen LogP) is 4.16. The van der Waals surface area contributed by atoms with E-state index in [1.54, 1.807) is 46.1 Å². The third-order valence-electron chi connectivity index (χ3n) is 5.17. The Bertz CT molecular complexity index is 1020. The number of amides is 3. The van der Waals surface area contributed by atoms with Crippen LogP contribution in [0.3, 0.4) is 0 Å². The molecule has 8 nitrogen and oxygen atoms in total. The van der Waals surface area contributed by atoms with E-state index < -0.39 is 35.8 Å². The second-order valence-corrected chi connectivity index (χ2v) is 8.94. The number of hydrogen-bond donors (Lipinski definition) is 1. The number of ether oxygens (including phenoxy) is 3. The van der Waals surface area contributed by atoms with Gasteiger partial charge in [-0.25, -0.2) is 14.5 Å². The van der Waals surface area contributed by atoms with Crippen molar-refractivity contribution in [3.63, 3.8) is 0 Å². The molecule has 2 aromatic rings. The van der Waals surface area contributed by atoms with Gasteiger partial charge in [0, 0.05) is 0 Å². The van der Waals surface area contributed by atoms with Crippen LogP contribution in [-0.4, -0.2) is 48.4 Å². The van der Waals surface area contributed by atoms with Gasteiger partial charge in [0.2, 0.25) is 0 Å². The summed E-state index contributed by atoms with van der Waals surface area (Å²) >= 11 is 0. The third kappa shape index (κ3) is 6.03. The first kappa shape index (κ1) is 24.1. The summed E-state index contributed by atoms with van der Waals surface area (Å²) in [6, 6.07) is 13.0. The number of cyclic esters (lactones) is 1. The van der Waals surface area contributed by atoms with Gasteiger partial charge in [0.1, 0.15) is 24.0 Å². The van der Waals surface area contributed by atoms with E-state index in [9.17, 15) is 14.4 Å². The lowest BCUT2D eigenvalue weighted by Gasteiger charge is -2.27. The number of aryl methyl sites for hydroxylation is 1. The van der Waals surface area contributed by atoms with Gasteiger partial charge < -0.3 is 19.5 Å². The minimum Gasteiger partial charge on any atom is -0.496 e. The molecule has 1 aliphatic rings. The van der Waals surface area contributed by atoms with E-state index in [1.165, 1.54) is 0 Å². The average Bonchev–Trinajstić information content (AvgIpc) is 3.11. The fraction of sp³-hybridized carbons (Fsp3) is 0.400. The van der Waals surface area contributed by atoms with E-state index in [0.29, 0.717) is 17.7 Å². The Kier molecular flexibility index (Phi) is 7.26. The van der Waals surface area contributed by atoms with Crippen LogP contribution in [0, 0.1) is 6.92 Å². The number of nitrogens with zero attached hydrogens (tertiary/aromatic N) is 1. The number of hydrogen-bond acceptors (Lipinski definition) is 6. The largest absolute Gasteiger partial charge is 0.496 e. The number of benzene rings is 2. The first-order valence-electron chi connectivity index (χ1n) is 10.8. The van der Waals surface area contributed by atoms with Crippen molar-refractivity contribution in [1.29, 1.82) is 0 Å². The Morgan fingerprint density at radius 2 is 1.88 bits per heavy atom. The molecule has 1 fully saturated rings. The van der Waals surface area contributed by atoms with Crippen molar-refractivity contribution < 1.29 is 28.6 Å². The number of alkyl carbamates (subject to hydrolysis) is 1. The highest BCUT2D eigenvalue weighted by Crippen LogP contribution is 2.27. The third-order valence-corrected chi connectivity index (χ3v) is 5.17. The number of nitrogens with one attached hydrogen (secondary N) is 1. The van der Waals surface area contributed by atoms with Crippen LogP contribution in [0.1, 0.15) is 43.5 Å². The zero-order valence-corrected chi connectivity index (χ0v) is 19.6.